The Balaban J connectivity index is 1.99. The molecule has 0 aromatic heterocycles. The molecule has 0 saturated carbocycles. The van der Waals surface area contributed by atoms with Gasteiger partial charge in [-0.25, -0.2) is 0 Å². The van der Waals surface area contributed by atoms with Crippen LogP contribution in [-0.2, 0) is 6.42 Å². The first-order chi connectivity index (χ1) is 10.1. The highest BCUT2D eigenvalue weighted by molar-refractivity contribution is 6.30. The van der Waals surface area contributed by atoms with Gasteiger partial charge in [0.25, 0.3) is 0 Å². The van der Waals surface area contributed by atoms with Gasteiger partial charge in [-0.3, -0.25) is 4.90 Å². The SMILES string of the molecule is CCCC1CCN(C(C)(CN)Cc2ccc(Cl)cc2)CC1. The first-order valence-corrected chi connectivity index (χ1v) is 8.65. The normalized spacial score (nSPS) is 20.4. The fourth-order valence-corrected chi connectivity index (χ4v) is 3.65. The van der Waals surface area contributed by atoms with Gasteiger partial charge in [-0.15, -0.1) is 0 Å². The lowest BCUT2D eigenvalue weighted by atomic mass is 9.85. The zero-order valence-electron chi connectivity index (χ0n) is 13.4. The number of halogens is 1. The molecule has 21 heavy (non-hydrogen) atoms. The van der Waals surface area contributed by atoms with Crippen LogP contribution in [0.1, 0.15) is 45.1 Å². The number of rotatable bonds is 6. The molecule has 2 N–H and O–H groups in total. The van der Waals surface area contributed by atoms with Gasteiger partial charge in [-0.1, -0.05) is 43.5 Å². The van der Waals surface area contributed by atoms with Gasteiger partial charge in [0.05, 0.1) is 0 Å². The number of piperidine rings is 1. The smallest absolute Gasteiger partial charge is 0.0406 e. The summed E-state index contributed by atoms with van der Waals surface area (Å²) >= 11 is 5.98. The van der Waals surface area contributed by atoms with Crippen molar-refractivity contribution in [1.29, 1.82) is 0 Å². The van der Waals surface area contributed by atoms with Crippen molar-refractivity contribution < 1.29 is 0 Å². The molecule has 0 spiro atoms. The summed E-state index contributed by atoms with van der Waals surface area (Å²) in [5.74, 6) is 0.920. The van der Waals surface area contributed by atoms with Crippen molar-refractivity contribution in [2.24, 2.45) is 11.7 Å². The zero-order valence-corrected chi connectivity index (χ0v) is 14.2. The summed E-state index contributed by atoms with van der Waals surface area (Å²) in [5, 5.41) is 0.800. The highest BCUT2D eigenvalue weighted by atomic mass is 35.5. The minimum Gasteiger partial charge on any atom is -0.329 e. The van der Waals surface area contributed by atoms with Crippen molar-refractivity contribution in [3.8, 4) is 0 Å². The lowest BCUT2D eigenvalue weighted by molar-refractivity contribution is 0.0655. The summed E-state index contributed by atoms with van der Waals surface area (Å²) in [5.41, 5.74) is 7.52. The maximum Gasteiger partial charge on any atom is 0.0406 e. The van der Waals surface area contributed by atoms with E-state index in [9.17, 15) is 0 Å². The van der Waals surface area contributed by atoms with Gasteiger partial charge < -0.3 is 5.73 Å². The molecule has 0 aliphatic carbocycles. The predicted molar refractivity (Wildman–Crippen MR) is 91.8 cm³/mol. The zero-order chi connectivity index (χ0) is 15.3. The average Bonchev–Trinajstić information content (AvgIpc) is 2.50. The van der Waals surface area contributed by atoms with Crippen molar-refractivity contribution in [3.05, 3.63) is 34.9 Å². The Labute approximate surface area is 134 Å². The van der Waals surface area contributed by atoms with E-state index in [1.807, 2.05) is 12.1 Å². The van der Waals surface area contributed by atoms with Crippen LogP contribution in [0.3, 0.4) is 0 Å². The van der Waals surface area contributed by atoms with Crippen LogP contribution in [0.2, 0.25) is 5.02 Å². The number of benzene rings is 1. The third kappa shape index (κ3) is 4.45. The largest absolute Gasteiger partial charge is 0.329 e. The highest BCUT2D eigenvalue weighted by Crippen LogP contribution is 2.29. The summed E-state index contributed by atoms with van der Waals surface area (Å²) in [4.78, 5) is 2.60. The lowest BCUT2D eigenvalue weighted by Gasteiger charge is -2.45. The van der Waals surface area contributed by atoms with E-state index < -0.39 is 0 Å². The molecule has 2 nitrogen and oxygen atoms in total. The van der Waals surface area contributed by atoms with Gasteiger partial charge >= 0.3 is 0 Å². The monoisotopic (exact) mass is 308 g/mol. The second-order valence-corrected chi connectivity index (χ2v) is 7.16. The van der Waals surface area contributed by atoms with Crippen LogP contribution in [-0.4, -0.2) is 30.1 Å². The van der Waals surface area contributed by atoms with Crippen molar-refractivity contribution in [2.75, 3.05) is 19.6 Å². The van der Waals surface area contributed by atoms with Crippen molar-refractivity contribution in [2.45, 2.75) is 51.5 Å². The standard InChI is InChI=1S/C18H29ClN2/c1-3-4-15-9-11-21(12-10-15)18(2,14-20)13-16-5-7-17(19)8-6-16/h5-8,15H,3-4,9-14,20H2,1-2H3. The van der Waals surface area contributed by atoms with Crippen LogP contribution >= 0.6 is 11.6 Å². The number of hydrogen-bond acceptors (Lipinski definition) is 2. The highest BCUT2D eigenvalue weighted by Gasteiger charge is 2.33. The topological polar surface area (TPSA) is 29.3 Å². The van der Waals surface area contributed by atoms with E-state index in [1.165, 1.54) is 44.3 Å². The molecule has 1 aromatic carbocycles. The predicted octanol–water partition coefficient (Wildman–Crippen LogP) is 4.11. The van der Waals surface area contributed by atoms with Gasteiger partial charge in [0.2, 0.25) is 0 Å². The Morgan fingerprint density at radius 2 is 1.86 bits per heavy atom. The van der Waals surface area contributed by atoms with E-state index in [4.69, 9.17) is 17.3 Å². The molecule has 1 aliphatic heterocycles. The Kier molecular flexibility index (Phi) is 6.09. The minimum absolute atomic E-state index is 0.0605. The molecule has 3 heteroatoms. The van der Waals surface area contributed by atoms with E-state index in [2.05, 4.69) is 30.9 Å². The molecular formula is C18H29ClN2. The maximum atomic E-state index is 6.14. The number of hydrogen-bond donors (Lipinski definition) is 1. The quantitative estimate of drug-likeness (QED) is 0.857. The number of nitrogens with two attached hydrogens (primary N) is 1. The number of nitrogens with zero attached hydrogens (tertiary/aromatic N) is 1. The van der Waals surface area contributed by atoms with Crippen molar-refractivity contribution >= 4 is 11.6 Å². The van der Waals surface area contributed by atoms with Crippen molar-refractivity contribution in [3.63, 3.8) is 0 Å². The van der Waals surface area contributed by atoms with Gasteiger partial charge in [0, 0.05) is 17.1 Å². The minimum atomic E-state index is 0.0605. The molecule has 1 saturated heterocycles. The molecule has 1 unspecified atom stereocenters. The first kappa shape index (κ1) is 16.8. The molecule has 2 rings (SSSR count). The third-order valence-corrected chi connectivity index (χ3v) is 5.26. The van der Waals surface area contributed by atoms with E-state index in [1.54, 1.807) is 0 Å². The van der Waals surface area contributed by atoms with Crippen LogP contribution in [0.5, 0.6) is 0 Å². The Hall–Kier alpha value is -0.570. The molecule has 0 radical (unpaired) electrons. The Bertz CT molecular complexity index is 423. The molecule has 1 fully saturated rings. The third-order valence-electron chi connectivity index (χ3n) is 5.01. The van der Waals surface area contributed by atoms with Gasteiger partial charge in [-0.2, -0.15) is 0 Å². The maximum absolute atomic E-state index is 6.14. The molecular weight excluding hydrogens is 280 g/mol. The molecule has 118 valence electrons. The number of likely N-dealkylation sites (tertiary alicyclic amines) is 1. The van der Waals surface area contributed by atoms with Crippen LogP contribution in [0.15, 0.2) is 24.3 Å². The summed E-state index contributed by atoms with van der Waals surface area (Å²) in [6.07, 6.45) is 6.33. The second kappa shape index (κ2) is 7.62. The fourth-order valence-electron chi connectivity index (χ4n) is 3.52. The average molecular weight is 309 g/mol. The summed E-state index contributed by atoms with van der Waals surface area (Å²) in [6.45, 7) is 7.67. The summed E-state index contributed by atoms with van der Waals surface area (Å²) in [7, 11) is 0. The van der Waals surface area contributed by atoms with E-state index >= 15 is 0 Å². The Morgan fingerprint density at radius 3 is 2.38 bits per heavy atom. The van der Waals surface area contributed by atoms with Crippen molar-refractivity contribution in [1.82, 2.24) is 4.90 Å². The Morgan fingerprint density at radius 1 is 1.24 bits per heavy atom. The van der Waals surface area contributed by atoms with E-state index in [-0.39, 0.29) is 5.54 Å². The van der Waals surface area contributed by atoms with Crippen LogP contribution < -0.4 is 5.73 Å². The van der Waals surface area contributed by atoms with E-state index in [0.29, 0.717) is 6.54 Å². The molecule has 0 bridgehead atoms. The molecule has 0 amide bonds. The molecule has 1 aliphatic rings. The second-order valence-electron chi connectivity index (χ2n) is 6.72. The van der Waals surface area contributed by atoms with Gasteiger partial charge in [-0.05, 0) is 62.9 Å². The van der Waals surface area contributed by atoms with Crippen LogP contribution in [0, 0.1) is 5.92 Å². The lowest BCUT2D eigenvalue weighted by Crippen LogP contribution is -2.55. The first-order valence-electron chi connectivity index (χ1n) is 8.27. The summed E-state index contributed by atoms with van der Waals surface area (Å²) in [6, 6.07) is 8.20. The molecule has 1 aromatic rings. The van der Waals surface area contributed by atoms with Crippen LogP contribution in [0.4, 0.5) is 0 Å². The molecule has 1 heterocycles. The molecule has 1 atom stereocenters. The van der Waals surface area contributed by atoms with Gasteiger partial charge in [0.15, 0.2) is 0 Å². The fraction of sp³-hybridized carbons (Fsp3) is 0.667. The van der Waals surface area contributed by atoms with E-state index in [0.717, 1.165) is 17.4 Å². The van der Waals surface area contributed by atoms with Crippen LogP contribution in [0.25, 0.3) is 0 Å². The summed E-state index contributed by atoms with van der Waals surface area (Å²) < 4.78 is 0. The van der Waals surface area contributed by atoms with Gasteiger partial charge in [0.1, 0.15) is 0 Å².